The molecule has 4 nitrogen and oxygen atoms in total. The highest BCUT2D eigenvalue weighted by molar-refractivity contribution is 6.05. The van der Waals surface area contributed by atoms with Gasteiger partial charge < -0.3 is 5.32 Å². The number of amides is 1. The molecule has 0 aliphatic carbocycles. The first-order valence-electron chi connectivity index (χ1n) is 7.00. The fourth-order valence-corrected chi connectivity index (χ4v) is 2.26. The highest BCUT2D eigenvalue weighted by Gasteiger charge is 2.08. The molecule has 0 fully saturated rings. The Hall–Kier alpha value is -3.01. The zero-order valence-electron chi connectivity index (χ0n) is 12.2. The predicted molar refractivity (Wildman–Crippen MR) is 88.9 cm³/mol. The van der Waals surface area contributed by atoms with Crippen molar-refractivity contribution in [2.75, 3.05) is 5.32 Å². The van der Waals surface area contributed by atoms with Crippen LogP contribution in [0.15, 0.2) is 77.0 Å². The van der Waals surface area contributed by atoms with E-state index in [1.165, 1.54) is 6.92 Å². The van der Waals surface area contributed by atoms with Crippen LogP contribution in [0.2, 0.25) is 0 Å². The summed E-state index contributed by atoms with van der Waals surface area (Å²) in [6.45, 7) is 1.49. The Morgan fingerprint density at radius 3 is 2.36 bits per heavy atom. The van der Waals surface area contributed by atoms with Crippen LogP contribution < -0.4 is 5.32 Å². The fraction of sp³-hybridized carbons (Fsp3) is 0.0556. The van der Waals surface area contributed by atoms with Gasteiger partial charge in [0.25, 0.3) is 0 Å². The third-order valence-corrected chi connectivity index (χ3v) is 3.24. The van der Waals surface area contributed by atoms with E-state index in [0.717, 1.165) is 16.5 Å². The number of nitrogens with zero attached hydrogens (tertiary/aromatic N) is 2. The molecule has 0 aromatic heterocycles. The van der Waals surface area contributed by atoms with Crippen molar-refractivity contribution >= 4 is 33.7 Å². The first kappa shape index (κ1) is 13.9. The summed E-state index contributed by atoms with van der Waals surface area (Å²) in [7, 11) is 0. The molecule has 3 aromatic carbocycles. The second-order valence-electron chi connectivity index (χ2n) is 4.90. The topological polar surface area (TPSA) is 53.8 Å². The third kappa shape index (κ3) is 3.01. The van der Waals surface area contributed by atoms with Crippen LogP contribution in [0.1, 0.15) is 6.92 Å². The molecule has 22 heavy (non-hydrogen) atoms. The van der Waals surface area contributed by atoms with Gasteiger partial charge in [0.1, 0.15) is 5.69 Å². The van der Waals surface area contributed by atoms with E-state index in [9.17, 15) is 4.79 Å². The number of hydrogen-bond acceptors (Lipinski definition) is 3. The summed E-state index contributed by atoms with van der Waals surface area (Å²) in [5.74, 6) is -0.132. The first-order chi connectivity index (χ1) is 10.7. The molecule has 108 valence electrons. The van der Waals surface area contributed by atoms with Crippen LogP contribution in [-0.2, 0) is 4.79 Å². The predicted octanol–water partition coefficient (Wildman–Crippen LogP) is 5.21. The van der Waals surface area contributed by atoms with Gasteiger partial charge in [-0.05, 0) is 23.6 Å². The number of anilines is 1. The number of fused-ring (bicyclic) bond motifs is 1. The molecule has 3 rings (SSSR count). The van der Waals surface area contributed by atoms with E-state index in [-0.39, 0.29) is 5.91 Å². The number of azo groups is 1. The van der Waals surface area contributed by atoms with Crippen molar-refractivity contribution in [3.8, 4) is 0 Å². The molecule has 3 aromatic rings. The Morgan fingerprint density at radius 1 is 0.864 bits per heavy atom. The van der Waals surface area contributed by atoms with Gasteiger partial charge in [-0.3, -0.25) is 4.79 Å². The summed E-state index contributed by atoms with van der Waals surface area (Å²) in [6.07, 6.45) is 0. The SMILES string of the molecule is CC(=O)Nc1c(N=Nc2ccccc2)ccc2ccccc12. The van der Waals surface area contributed by atoms with Crippen LogP contribution in [0.25, 0.3) is 10.8 Å². The Kier molecular flexibility index (Phi) is 3.92. The Labute approximate surface area is 128 Å². The molecule has 0 saturated carbocycles. The number of benzene rings is 3. The van der Waals surface area contributed by atoms with Crippen LogP contribution in [0, 0.1) is 0 Å². The molecule has 0 aliphatic heterocycles. The second kappa shape index (κ2) is 6.18. The van der Waals surface area contributed by atoms with Gasteiger partial charge in [-0.15, -0.1) is 5.11 Å². The molecular weight excluding hydrogens is 274 g/mol. The third-order valence-electron chi connectivity index (χ3n) is 3.24. The zero-order chi connectivity index (χ0) is 15.4. The summed E-state index contributed by atoms with van der Waals surface area (Å²) < 4.78 is 0. The molecule has 0 aliphatic rings. The summed E-state index contributed by atoms with van der Waals surface area (Å²) in [4.78, 5) is 11.5. The fourth-order valence-electron chi connectivity index (χ4n) is 2.26. The summed E-state index contributed by atoms with van der Waals surface area (Å²) in [5.41, 5.74) is 2.09. The molecular formula is C18H15N3O. The van der Waals surface area contributed by atoms with Crippen molar-refractivity contribution in [3.05, 3.63) is 66.7 Å². The Morgan fingerprint density at radius 2 is 1.59 bits per heavy atom. The second-order valence-corrected chi connectivity index (χ2v) is 4.90. The number of nitrogens with one attached hydrogen (secondary N) is 1. The van der Waals surface area contributed by atoms with E-state index < -0.39 is 0 Å². The van der Waals surface area contributed by atoms with Crippen molar-refractivity contribution in [3.63, 3.8) is 0 Å². The first-order valence-corrected chi connectivity index (χ1v) is 7.00. The van der Waals surface area contributed by atoms with E-state index >= 15 is 0 Å². The maximum atomic E-state index is 11.5. The number of hydrogen-bond donors (Lipinski definition) is 1. The molecule has 0 spiro atoms. The van der Waals surface area contributed by atoms with Crippen LogP contribution in [-0.4, -0.2) is 5.91 Å². The largest absolute Gasteiger partial charge is 0.324 e. The van der Waals surface area contributed by atoms with Gasteiger partial charge in [0, 0.05) is 12.3 Å². The highest BCUT2D eigenvalue weighted by Crippen LogP contribution is 2.34. The van der Waals surface area contributed by atoms with Crippen molar-refractivity contribution < 1.29 is 4.79 Å². The average molecular weight is 289 g/mol. The van der Waals surface area contributed by atoms with Crippen molar-refractivity contribution in [2.24, 2.45) is 10.2 Å². The molecule has 0 bridgehead atoms. The average Bonchev–Trinajstić information content (AvgIpc) is 2.54. The van der Waals surface area contributed by atoms with Gasteiger partial charge in [0.15, 0.2) is 0 Å². The maximum Gasteiger partial charge on any atom is 0.221 e. The molecule has 1 amide bonds. The van der Waals surface area contributed by atoms with E-state index in [2.05, 4.69) is 15.5 Å². The van der Waals surface area contributed by atoms with Gasteiger partial charge in [0.2, 0.25) is 5.91 Å². The van der Waals surface area contributed by atoms with Gasteiger partial charge in [-0.2, -0.15) is 5.11 Å². The van der Waals surface area contributed by atoms with Gasteiger partial charge >= 0.3 is 0 Å². The number of rotatable bonds is 3. The Bertz CT molecular complexity index is 841. The van der Waals surface area contributed by atoms with Crippen LogP contribution in [0.4, 0.5) is 17.1 Å². The van der Waals surface area contributed by atoms with Crippen LogP contribution >= 0.6 is 0 Å². The lowest BCUT2D eigenvalue weighted by atomic mass is 10.1. The normalized spacial score (nSPS) is 11.0. The minimum absolute atomic E-state index is 0.132. The van der Waals surface area contributed by atoms with Crippen LogP contribution in [0.5, 0.6) is 0 Å². The lowest BCUT2D eigenvalue weighted by molar-refractivity contribution is -0.114. The molecule has 0 atom stereocenters. The van der Waals surface area contributed by atoms with Crippen LogP contribution in [0.3, 0.4) is 0 Å². The smallest absolute Gasteiger partial charge is 0.221 e. The van der Waals surface area contributed by atoms with E-state index in [1.807, 2.05) is 66.7 Å². The van der Waals surface area contributed by atoms with E-state index in [1.54, 1.807) is 0 Å². The number of carbonyl (C=O) groups excluding carboxylic acids is 1. The highest BCUT2D eigenvalue weighted by atomic mass is 16.1. The molecule has 1 N–H and O–H groups in total. The molecule has 0 unspecified atom stereocenters. The Balaban J connectivity index is 2.08. The van der Waals surface area contributed by atoms with Crippen molar-refractivity contribution in [1.29, 1.82) is 0 Å². The maximum absolute atomic E-state index is 11.5. The summed E-state index contributed by atoms with van der Waals surface area (Å²) in [6, 6.07) is 21.2. The monoisotopic (exact) mass is 289 g/mol. The lowest BCUT2D eigenvalue weighted by Crippen LogP contribution is -2.06. The summed E-state index contributed by atoms with van der Waals surface area (Å²) >= 11 is 0. The standard InChI is InChI=1S/C18H15N3O/c1-13(22)19-18-16-10-6-5-7-14(16)11-12-17(18)21-20-15-8-3-2-4-9-15/h2-12H,1H3,(H,19,22). The van der Waals surface area contributed by atoms with E-state index in [4.69, 9.17) is 0 Å². The molecule has 0 heterocycles. The lowest BCUT2D eigenvalue weighted by Gasteiger charge is -2.09. The minimum Gasteiger partial charge on any atom is -0.324 e. The van der Waals surface area contributed by atoms with Crippen molar-refractivity contribution in [1.82, 2.24) is 0 Å². The molecule has 4 heteroatoms. The summed E-state index contributed by atoms with van der Waals surface area (Å²) in [5, 5.41) is 13.4. The molecule has 0 saturated heterocycles. The van der Waals surface area contributed by atoms with Gasteiger partial charge in [-0.25, -0.2) is 0 Å². The van der Waals surface area contributed by atoms with Crippen molar-refractivity contribution in [2.45, 2.75) is 6.92 Å². The zero-order valence-corrected chi connectivity index (χ0v) is 12.2. The van der Waals surface area contributed by atoms with E-state index in [0.29, 0.717) is 11.4 Å². The minimum atomic E-state index is -0.132. The molecule has 0 radical (unpaired) electrons. The van der Waals surface area contributed by atoms with Gasteiger partial charge in [0.05, 0.1) is 11.4 Å². The number of carbonyl (C=O) groups is 1. The quantitative estimate of drug-likeness (QED) is 0.661. The van der Waals surface area contributed by atoms with Gasteiger partial charge in [-0.1, -0.05) is 48.5 Å².